The molecule has 2 rings (SSSR count). The monoisotopic (exact) mass is 262 g/mol. The van der Waals surface area contributed by atoms with Crippen molar-refractivity contribution in [1.82, 2.24) is 4.98 Å². The van der Waals surface area contributed by atoms with Gasteiger partial charge in [-0.1, -0.05) is 36.3 Å². The lowest BCUT2D eigenvalue weighted by Crippen LogP contribution is -1.98. The van der Waals surface area contributed by atoms with E-state index in [1.807, 2.05) is 6.07 Å². The lowest BCUT2D eigenvalue weighted by molar-refractivity contribution is 0.310. The first-order valence-corrected chi connectivity index (χ1v) is 6.97. The van der Waals surface area contributed by atoms with Gasteiger partial charge in [0.1, 0.15) is 5.75 Å². The Bertz CT molecular complexity index is 522. The highest BCUT2D eigenvalue weighted by atomic mass is 32.1. The van der Waals surface area contributed by atoms with Gasteiger partial charge in [-0.3, -0.25) is 0 Å². The quantitative estimate of drug-likeness (QED) is 0.832. The Kier molecular flexibility index (Phi) is 4.20. The molecule has 18 heavy (non-hydrogen) atoms. The summed E-state index contributed by atoms with van der Waals surface area (Å²) >= 11 is 1.49. The highest BCUT2D eigenvalue weighted by Crippen LogP contribution is 2.35. The molecule has 0 aliphatic heterocycles. The van der Waals surface area contributed by atoms with Gasteiger partial charge < -0.3 is 10.5 Å². The van der Waals surface area contributed by atoms with Crippen molar-refractivity contribution in [3.05, 3.63) is 30.0 Å². The van der Waals surface area contributed by atoms with E-state index in [0.29, 0.717) is 5.13 Å². The molecule has 2 aromatic rings. The van der Waals surface area contributed by atoms with E-state index in [9.17, 15) is 0 Å². The molecule has 1 heterocycles. The Labute approximate surface area is 112 Å². The average Bonchev–Trinajstić information content (AvgIpc) is 2.78. The van der Waals surface area contributed by atoms with Gasteiger partial charge in [0.15, 0.2) is 5.13 Å². The summed E-state index contributed by atoms with van der Waals surface area (Å²) in [5, 5.41) is 0.589. The summed E-state index contributed by atoms with van der Waals surface area (Å²) in [5.74, 6) is 0.915. The summed E-state index contributed by atoms with van der Waals surface area (Å²) in [6.07, 6.45) is 4.01. The van der Waals surface area contributed by atoms with Crippen molar-refractivity contribution in [3.8, 4) is 16.2 Å². The fourth-order valence-electron chi connectivity index (χ4n) is 1.70. The molecule has 0 atom stereocenters. The van der Waals surface area contributed by atoms with Crippen molar-refractivity contribution >= 4 is 16.5 Å². The predicted octanol–water partition coefficient (Wildman–Crippen LogP) is 3.88. The van der Waals surface area contributed by atoms with Crippen molar-refractivity contribution in [3.63, 3.8) is 0 Å². The minimum Gasteiger partial charge on any atom is -0.493 e. The van der Waals surface area contributed by atoms with Crippen LogP contribution in [0.25, 0.3) is 10.4 Å². The summed E-state index contributed by atoms with van der Waals surface area (Å²) in [6.45, 7) is 4.98. The smallest absolute Gasteiger partial charge is 0.180 e. The molecule has 0 aliphatic carbocycles. The van der Waals surface area contributed by atoms with Crippen LogP contribution in [0.3, 0.4) is 0 Å². The lowest BCUT2D eigenvalue weighted by atomic mass is 10.1. The first kappa shape index (κ1) is 12.9. The van der Waals surface area contributed by atoms with E-state index in [4.69, 9.17) is 10.5 Å². The molecule has 4 heteroatoms. The van der Waals surface area contributed by atoms with Gasteiger partial charge in [0.05, 0.1) is 11.5 Å². The zero-order valence-electron chi connectivity index (χ0n) is 10.8. The Balaban J connectivity index is 2.29. The third-order valence-corrected chi connectivity index (χ3v) is 3.54. The number of thiazole rings is 1. The Morgan fingerprint density at radius 3 is 2.89 bits per heavy atom. The van der Waals surface area contributed by atoms with Crippen LogP contribution in [0.1, 0.15) is 25.3 Å². The van der Waals surface area contributed by atoms with Crippen LogP contribution in [0.15, 0.2) is 24.4 Å². The number of nitrogens with zero attached hydrogens (tertiary/aromatic N) is 1. The first-order valence-electron chi connectivity index (χ1n) is 6.16. The van der Waals surface area contributed by atoms with E-state index < -0.39 is 0 Å². The number of anilines is 1. The lowest BCUT2D eigenvalue weighted by Gasteiger charge is -2.10. The molecule has 0 spiro atoms. The Hall–Kier alpha value is -1.55. The van der Waals surface area contributed by atoms with Crippen LogP contribution in [0, 0.1) is 6.92 Å². The van der Waals surface area contributed by atoms with Crippen LogP contribution < -0.4 is 10.5 Å². The van der Waals surface area contributed by atoms with Gasteiger partial charge in [0.25, 0.3) is 0 Å². The molecule has 0 amide bonds. The third kappa shape index (κ3) is 3.01. The van der Waals surface area contributed by atoms with E-state index in [-0.39, 0.29) is 0 Å². The summed E-state index contributed by atoms with van der Waals surface area (Å²) in [6, 6.07) is 6.21. The Morgan fingerprint density at radius 2 is 2.22 bits per heavy atom. The van der Waals surface area contributed by atoms with E-state index in [1.165, 1.54) is 16.9 Å². The van der Waals surface area contributed by atoms with Gasteiger partial charge >= 0.3 is 0 Å². The van der Waals surface area contributed by atoms with Crippen LogP contribution >= 0.6 is 11.3 Å². The number of aromatic nitrogens is 1. The number of ether oxygens (including phenoxy) is 1. The molecule has 0 saturated heterocycles. The van der Waals surface area contributed by atoms with Crippen molar-refractivity contribution < 1.29 is 4.74 Å². The van der Waals surface area contributed by atoms with E-state index in [0.717, 1.165) is 35.6 Å². The molecule has 1 aromatic heterocycles. The number of rotatable bonds is 5. The fourth-order valence-corrected chi connectivity index (χ4v) is 2.41. The largest absolute Gasteiger partial charge is 0.493 e. The highest BCUT2D eigenvalue weighted by molar-refractivity contribution is 7.18. The van der Waals surface area contributed by atoms with E-state index in [2.05, 4.69) is 31.0 Å². The second-order valence-corrected chi connectivity index (χ2v) is 5.33. The number of nitrogen functional groups attached to an aromatic ring is 1. The van der Waals surface area contributed by atoms with Crippen LogP contribution in [0.4, 0.5) is 5.13 Å². The van der Waals surface area contributed by atoms with Crippen molar-refractivity contribution in [1.29, 1.82) is 0 Å². The molecule has 1 aromatic carbocycles. The highest BCUT2D eigenvalue weighted by Gasteiger charge is 2.09. The van der Waals surface area contributed by atoms with Crippen molar-refractivity contribution in [2.24, 2.45) is 0 Å². The third-order valence-electron chi connectivity index (χ3n) is 2.68. The summed E-state index contributed by atoms with van der Waals surface area (Å²) in [5.41, 5.74) is 7.98. The molecule has 0 bridgehead atoms. The summed E-state index contributed by atoms with van der Waals surface area (Å²) in [4.78, 5) is 5.16. The normalized spacial score (nSPS) is 10.6. The Morgan fingerprint density at radius 1 is 1.39 bits per heavy atom. The maximum absolute atomic E-state index is 5.83. The maximum atomic E-state index is 5.83. The van der Waals surface area contributed by atoms with Gasteiger partial charge in [-0.05, 0) is 25.5 Å². The minimum absolute atomic E-state index is 0.589. The SMILES string of the molecule is CCCCOc1ccc(C)cc1-c1cnc(N)s1. The minimum atomic E-state index is 0.589. The second kappa shape index (κ2) is 5.87. The van der Waals surface area contributed by atoms with Crippen LogP contribution in [0.2, 0.25) is 0 Å². The molecule has 0 saturated carbocycles. The maximum Gasteiger partial charge on any atom is 0.180 e. The van der Waals surface area contributed by atoms with Crippen LogP contribution in [-0.2, 0) is 0 Å². The number of benzene rings is 1. The molecule has 0 radical (unpaired) electrons. The second-order valence-electron chi connectivity index (χ2n) is 4.26. The molecule has 96 valence electrons. The zero-order chi connectivity index (χ0) is 13.0. The summed E-state index contributed by atoms with van der Waals surface area (Å²) < 4.78 is 5.83. The predicted molar refractivity (Wildman–Crippen MR) is 77.1 cm³/mol. The number of aryl methyl sites for hydroxylation is 1. The van der Waals surface area contributed by atoms with Crippen molar-refractivity contribution in [2.45, 2.75) is 26.7 Å². The molecule has 0 fully saturated rings. The topological polar surface area (TPSA) is 48.1 Å². The molecule has 0 unspecified atom stereocenters. The number of unbranched alkanes of at least 4 members (excludes halogenated alkanes) is 1. The molecule has 0 aliphatic rings. The average molecular weight is 262 g/mol. The molecular weight excluding hydrogens is 244 g/mol. The van der Waals surface area contributed by atoms with Gasteiger partial charge in [0.2, 0.25) is 0 Å². The van der Waals surface area contributed by atoms with Gasteiger partial charge in [0, 0.05) is 11.8 Å². The molecular formula is C14H18N2OS. The van der Waals surface area contributed by atoms with Gasteiger partial charge in [-0.25, -0.2) is 4.98 Å². The number of hydrogen-bond donors (Lipinski definition) is 1. The van der Waals surface area contributed by atoms with E-state index >= 15 is 0 Å². The van der Waals surface area contributed by atoms with Crippen LogP contribution in [0.5, 0.6) is 5.75 Å². The van der Waals surface area contributed by atoms with Gasteiger partial charge in [-0.15, -0.1) is 0 Å². The summed E-state index contributed by atoms with van der Waals surface area (Å²) in [7, 11) is 0. The molecule has 3 nitrogen and oxygen atoms in total. The molecule has 2 N–H and O–H groups in total. The number of nitrogens with two attached hydrogens (primary N) is 1. The standard InChI is InChI=1S/C14H18N2OS/c1-3-4-7-17-12-6-5-10(2)8-11(12)13-9-16-14(15)18-13/h5-6,8-9H,3-4,7H2,1-2H3,(H2,15,16). The zero-order valence-corrected chi connectivity index (χ0v) is 11.6. The number of hydrogen-bond acceptors (Lipinski definition) is 4. The fraction of sp³-hybridized carbons (Fsp3) is 0.357. The van der Waals surface area contributed by atoms with E-state index in [1.54, 1.807) is 6.20 Å². The van der Waals surface area contributed by atoms with Gasteiger partial charge in [-0.2, -0.15) is 0 Å². The van der Waals surface area contributed by atoms with Crippen LogP contribution in [-0.4, -0.2) is 11.6 Å². The first-order chi connectivity index (χ1) is 8.70. The van der Waals surface area contributed by atoms with Crippen molar-refractivity contribution in [2.75, 3.05) is 12.3 Å².